The molecule has 0 amide bonds. The van der Waals surface area contributed by atoms with Gasteiger partial charge in [0.2, 0.25) is 0 Å². The molecule has 1 atom stereocenters. The highest BCUT2D eigenvalue weighted by molar-refractivity contribution is 5.39. The maximum atomic E-state index is 5.51. The summed E-state index contributed by atoms with van der Waals surface area (Å²) < 4.78 is 7.58. The smallest absolute Gasteiger partial charge is 0.123 e. The Hall–Kier alpha value is -1.81. The van der Waals surface area contributed by atoms with Crippen molar-refractivity contribution in [3.8, 4) is 5.75 Å². The van der Waals surface area contributed by atoms with E-state index in [4.69, 9.17) is 4.74 Å². The Labute approximate surface area is 120 Å². The lowest BCUT2D eigenvalue weighted by molar-refractivity contribution is 0.398. The maximum absolute atomic E-state index is 5.51. The van der Waals surface area contributed by atoms with Crippen LogP contribution in [0.5, 0.6) is 5.75 Å². The maximum Gasteiger partial charge on any atom is 0.123 e. The average molecular weight is 273 g/mol. The highest BCUT2D eigenvalue weighted by Gasteiger charge is 2.15. The van der Waals surface area contributed by atoms with Crippen LogP contribution in [-0.2, 0) is 13.5 Å². The summed E-state index contributed by atoms with van der Waals surface area (Å²) in [6.07, 6.45) is 5.75. The van der Waals surface area contributed by atoms with Gasteiger partial charge in [0.05, 0.1) is 7.11 Å². The second-order valence-corrected chi connectivity index (χ2v) is 5.08. The molecule has 1 N–H and O–H groups in total. The van der Waals surface area contributed by atoms with Gasteiger partial charge in [-0.25, -0.2) is 4.98 Å². The monoisotopic (exact) mass is 273 g/mol. The zero-order valence-electron chi connectivity index (χ0n) is 12.7. The molecule has 0 saturated carbocycles. The molecule has 0 saturated heterocycles. The molecule has 1 aromatic heterocycles. The van der Waals surface area contributed by atoms with Crippen molar-refractivity contribution in [2.75, 3.05) is 14.2 Å². The topological polar surface area (TPSA) is 39.1 Å². The number of imidazole rings is 1. The van der Waals surface area contributed by atoms with Gasteiger partial charge in [-0.1, -0.05) is 12.1 Å². The van der Waals surface area contributed by atoms with Gasteiger partial charge in [0.25, 0.3) is 0 Å². The number of benzene rings is 1. The molecule has 108 valence electrons. The largest absolute Gasteiger partial charge is 0.496 e. The molecule has 2 aromatic rings. The minimum atomic E-state index is 0.266. The van der Waals surface area contributed by atoms with Crippen LogP contribution in [0.2, 0.25) is 0 Å². The van der Waals surface area contributed by atoms with Crippen LogP contribution in [0.3, 0.4) is 0 Å². The number of nitrogens with one attached hydrogen (secondary N) is 1. The summed E-state index contributed by atoms with van der Waals surface area (Å²) in [5.41, 5.74) is 2.42. The molecule has 0 radical (unpaired) electrons. The van der Waals surface area contributed by atoms with Crippen molar-refractivity contribution in [1.82, 2.24) is 14.9 Å². The second-order valence-electron chi connectivity index (χ2n) is 5.08. The van der Waals surface area contributed by atoms with E-state index in [9.17, 15) is 0 Å². The molecular formula is C16H23N3O. The second kappa shape index (κ2) is 6.57. The Bertz CT molecular complexity index is 563. The zero-order chi connectivity index (χ0) is 14.5. The Kier molecular flexibility index (Phi) is 4.79. The van der Waals surface area contributed by atoms with Gasteiger partial charge in [-0.05, 0) is 32.0 Å². The molecule has 0 fully saturated rings. The van der Waals surface area contributed by atoms with Gasteiger partial charge in [-0.2, -0.15) is 0 Å². The van der Waals surface area contributed by atoms with Crippen LogP contribution in [0.25, 0.3) is 0 Å². The van der Waals surface area contributed by atoms with Crippen molar-refractivity contribution < 1.29 is 4.74 Å². The summed E-state index contributed by atoms with van der Waals surface area (Å²) >= 11 is 0. The van der Waals surface area contributed by atoms with Gasteiger partial charge >= 0.3 is 0 Å². The summed E-state index contributed by atoms with van der Waals surface area (Å²) in [5.74, 6) is 2.06. The van der Waals surface area contributed by atoms with E-state index in [0.29, 0.717) is 0 Å². The fraction of sp³-hybridized carbons (Fsp3) is 0.438. The minimum Gasteiger partial charge on any atom is -0.496 e. The highest BCUT2D eigenvalue weighted by atomic mass is 16.5. The van der Waals surface area contributed by atoms with E-state index in [0.717, 1.165) is 24.4 Å². The molecule has 1 heterocycles. The van der Waals surface area contributed by atoms with Crippen LogP contribution in [0, 0.1) is 6.92 Å². The molecular weight excluding hydrogens is 250 g/mol. The number of methoxy groups -OCH3 is 1. The molecule has 0 spiro atoms. The van der Waals surface area contributed by atoms with E-state index < -0.39 is 0 Å². The standard InChI is InChI=1S/C16H23N3O/c1-12-5-6-13(15(11-12)20-4)14(17-2)7-8-16-18-9-10-19(16)3/h5-6,9-11,14,17H,7-8H2,1-4H3. The van der Waals surface area contributed by atoms with Crippen molar-refractivity contribution in [2.24, 2.45) is 7.05 Å². The first-order chi connectivity index (χ1) is 9.65. The van der Waals surface area contributed by atoms with E-state index in [1.54, 1.807) is 7.11 Å². The first kappa shape index (κ1) is 14.6. The van der Waals surface area contributed by atoms with Gasteiger partial charge < -0.3 is 14.6 Å². The Morgan fingerprint density at radius 3 is 2.80 bits per heavy atom. The van der Waals surface area contributed by atoms with Crippen molar-refractivity contribution >= 4 is 0 Å². The molecule has 0 aliphatic heterocycles. The van der Waals surface area contributed by atoms with E-state index in [2.05, 4.69) is 40.0 Å². The quantitative estimate of drug-likeness (QED) is 0.879. The number of aryl methyl sites for hydroxylation is 3. The fourth-order valence-electron chi connectivity index (χ4n) is 2.47. The third-order valence-electron chi connectivity index (χ3n) is 3.69. The highest BCUT2D eigenvalue weighted by Crippen LogP contribution is 2.28. The molecule has 0 bridgehead atoms. The Balaban J connectivity index is 2.14. The minimum absolute atomic E-state index is 0.266. The van der Waals surface area contributed by atoms with E-state index in [1.165, 1.54) is 11.1 Å². The lowest BCUT2D eigenvalue weighted by Crippen LogP contribution is -2.18. The van der Waals surface area contributed by atoms with Crippen LogP contribution in [-0.4, -0.2) is 23.7 Å². The number of ether oxygens (including phenoxy) is 1. The third kappa shape index (κ3) is 3.20. The number of nitrogens with zero attached hydrogens (tertiary/aromatic N) is 2. The predicted molar refractivity (Wildman–Crippen MR) is 81.1 cm³/mol. The molecule has 0 aliphatic carbocycles. The van der Waals surface area contributed by atoms with E-state index in [-0.39, 0.29) is 6.04 Å². The Morgan fingerprint density at radius 2 is 2.20 bits per heavy atom. The van der Waals surface area contributed by atoms with Crippen LogP contribution in [0.4, 0.5) is 0 Å². The molecule has 4 heteroatoms. The molecule has 4 nitrogen and oxygen atoms in total. The van der Waals surface area contributed by atoms with Gasteiger partial charge in [0.1, 0.15) is 11.6 Å². The summed E-state index contributed by atoms with van der Waals surface area (Å²) in [6.45, 7) is 2.08. The van der Waals surface area contributed by atoms with Crippen molar-refractivity contribution in [1.29, 1.82) is 0 Å². The predicted octanol–water partition coefficient (Wildman–Crippen LogP) is 2.63. The lowest BCUT2D eigenvalue weighted by atomic mass is 9.99. The number of hydrogen-bond donors (Lipinski definition) is 1. The van der Waals surface area contributed by atoms with Crippen molar-refractivity contribution in [3.05, 3.63) is 47.5 Å². The number of rotatable bonds is 6. The van der Waals surface area contributed by atoms with Gasteiger partial charge in [0.15, 0.2) is 0 Å². The van der Waals surface area contributed by atoms with Crippen LogP contribution >= 0.6 is 0 Å². The Morgan fingerprint density at radius 1 is 1.40 bits per heavy atom. The summed E-state index contributed by atoms with van der Waals surface area (Å²) in [7, 11) is 5.75. The van der Waals surface area contributed by atoms with Gasteiger partial charge in [-0.15, -0.1) is 0 Å². The number of hydrogen-bond acceptors (Lipinski definition) is 3. The van der Waals surface area contributed by atoms with Gasteiger partial charge in [-0.3, -0.25) is 0 Å². The molecule has 1 unspecified atom stereocenters. The lowest BCUT2D eigenvalue weighted by Gasteiger charge is -2.19. The molecule has 0 aliphatic rings. The van der Waals surface area contributed by atoms with E-state index >= 15 is 0 Å². The van der Waals surface area contributed by atoms with E-state index in [1.807, 2.05) is 26.5 Å². The summed E-state index contributed by atoms with van der Waals surface area (Å²) in [6, 6.07) is 6.62. The summed E-state index contributed by atoms with van der Waals surface area (Å²) in [5, 5.41) is 3.38. The van der Waals surface area contributed by atoms with Gasteiger partial charge in [0, 0.05) is 37.5 Å². The third-order valence-corrected chi connectivity index (χ3v) is 3.69. The SMILES string of the molecule is CNC(CCc1nccn1C)c1ccc(C)cc1OC. The first-order valence-corrected chi connectivity index (χ1v) is 6.93. The molecule has 2 rings (SSSR count). The van der Waals surface area contributed by atoms with Crippen molar-refractivity contribution in [2.45, 2.75) is 25.8 Å². The first-order valence-electron chi connectivity index (χ1n) is 6.93. The number of aromatic nitrogens is 2. The normalized spacial score (nSPS) is 12.4. The average Bonchev–Trinajstić information content (AvgIpc) is 2.86. The molecule has 1 aromatic carbocycles. The van der Waals surface area contributed by atoms with Crippen LogP contribution < -0.4 is 10.1 Å². The van der Waals surface area contributed by atoms with Crippen LogP contribution in [0.1, 0.15) is 29.4 Å². The van der Waals surface area contributed by atoms with Crippen molar-refractivity contribution in [3.63, 3.8) is 0 Å². The molecule has 20 heavy (non-hydrogen) atoms. The van der Waals surface area contributed by atoms with Crippen LogP contribution in [0.15, 0.2) is 30.6 Å². The zero-order valence-corrected chi connectivity index (χ0v) is 12.7. The summed E-state index contributed by atoms with van der Waals surface area (Å²) in [4.78, 5) is 4.38. The fourth-order valence-corrected chi connectivity index (χ4v) is 2.47.